The average Bonchev–Trinajstić information content (AvgIpc) is 2.63. The predicted octanol–water partition coefficient (Wildman–Crippen LogP) is 1.89. The van der Waals surface area contributed by atoms with Gasteiger partial charge < -0.3 is 19.9 Å². The zero-order valence-electron chi connectivity index (χ0n) is 15.0. The number of fused-ring (bicyclic) bond motifs is 1. The number of hydrogen-bond acceptors (Lipinski definition) is 3. The fraction of sp³-hybridized carbons (Fsp3) is 0.579. The summed E-state index contributed by atoms with van der Waals surface area (Å²) in [5.41, 5.74) is 1.90. The summed E-state index contributed by atoms with van der Waals surface area (Å²) in [4.78, 5) is 28.6. The maximum absolute atomic E-state index is 12.5. The summed E-state index contributed by atoms with van der Waals surface area (Å²) in [6.07, 6.45) is 2.85. The molecule has 2 unspecified atom stereocenters. The van der Waals surface area contributed by atoms with E-state index in [1.165, 1.54) is 0 Å². The highest BCUT2D eigenvalue weighted by Crippen LogP contribution is 2.20. The Morgan fingerprint density at radius 1 is 1.32 bits per heavy atom. The molecule has 1 aromatic rings. The van der Waals surface area contributed by atoms with E-state index in [2.05, 4.69) is 12.2 Å². The maximum Gasteiger partial charge on any atom is 0.317 e. The summed E-state index contributed by atoms with van der Waals surface area (Å²) in [5, 5.41) is 2.96. The zero-order valence-corrected chi connectivity index (χ0v) is 15.0. The number of amides is 3. The molecule has 0 bridgehead atoms. The SMILES string of the molecule is COC1CCN(C(=O)NCCN2CCc3ccccc3C2=O)C(C)C1. The monoisotopic (exact) mass is 345 g/mol. The van der Waals surface area contributed by atoms with Gasteiger partial charge in [0.15, 0.2) is 0 Å². The van der Waals surface area contributed by atoms with Gasteiger partial charge in [-0.25, -0.2) is 4.79 Å². The van der Waals surface area contributed by atoms with E-state index < -0.39 is 0 Å². The molecule has 0 saturated carbocycles. The number of nitrogens with one attached hydrogen (secondary N) is 1. The first-order chi connectivity index (χ1) is 12.1. The number of likely N-dealkylation sites (tertiary alicyclic amines) is 1. The van der Waals surface area contributed by atoms with E-state index in [4.69, 9.17) is 4.74 Å². The van der Waals surface area contributed by atoms with Crippen molar-refractivity contribution in [3.8, 4) is 0 Å². The highest BCUT2D eigenvalue weighted by atomic mass is 16.5. The number of ether oxygens (including phenoxy) is 1. The van der Waals surface area contributed by atoms with Crippen LogP contribution in [0.15, 0.2) is 24.3 Å². The molecular formula is C19H27N3O3. The Kier molecular flexibility index (Phi) is 5.58. The first-order valence-electron chi connectivity index (χ1n) is 9.04. The lowest BCUT2D eigenvalue weighted by Crippen LogP contribution is -2.52. The van der Waals surface area contributed by atoms with Crippen LogP contribution in [0.1, 0.15) is 35.7 Å². The summed E-state index contributed by atoms with van der Waals surface area (Å²) < 4.78 is 5.39. The van der Waals surface area contributed by atoms with Crippen LogP contribution in [-0.2, 0) is 11.2 Å². The van der Waals surface area contributed by atoms with Gasteiger partial charge in [0.1, 0.15) is 0 Å². The first kappa shape index (κ1) is 17.7. The summed E-state index contributed by atoms with van der Waals surface area (Å²) in [7, 11) is 1.72. The molecular weight excluding hydrogens is 318 g/mol. The van der Waals surface area contributed by atoms with Crippen molar-refractivity contribution in [3.63, 3.8) is 0 Å². The number of carbonyl (C=O) groups excluding carboxylic acids is 2. The topological polar surface area (TPSA) is 61.9 Å². The van der Waals surface area contributed by atoms with Gasteiger partial charge in [-0.05, 0) is 37.8 Å². The van der Waals surface area contributed by atoms with Crippen molar-refractivity contribution in [2.75, 3.05) is 33.3 Å². The number of benzene rings is 1. The smallest absolute Gasteiger partial charge is 0.317 e. The summed E-state index contributed by atoms with van der Waals surface area (Å²) in [5.74, 6) is 0.0605. The van der Waals surface area contributed by atoms with Gasteiger partial charge in [-0.15, -0.1) is 0 Å². The van der Waals surface area contributed by atoms with Gasteiger partial charge in [0.2, 0.25) is 0 Å². The molecule has 136 valence electrons. The standard InChI is InChI=1S/C19H27N3O3/c1-14-13-16(25-2)8-11-22(14)19(24)20-9-12-21-10-7-15-5-3-4-6-17(15)18(21)23/h3-6,14,16H,7-13H2,1-2H3,(H,20,24). The number of carbonyl (C=O) groups is 2. The molecule has 3 rings (SSSR count). The molecule has 0 aliphatic carbocycles. The molecule has 2 aliphatic rings. The number of methoxy groups -OCH3 is 1. The van der Waals surface area contributed by atoms with Crippen LogP contribution in [0.3, 0.4) is 0 Å². The van der Waals surface area contributed by atoms with Gasteiger partial charge in [-0.2, -0.15) is 0 Å². The van der Waals surface area contributed by atoms with Crippen LogP contribution in [-0.4, -0.2) is 67.2 Å². The second kappa shape index (κ2) is 7.87. The second-order valence-electron chi connectivity index (χ2n) is 6.86. The van der Waals surface area contributed by atoms with E-state index in [1.807, 2.05) is 34.1 Å². The fourth-order valence-electron chi connectivity index (χ4n) is 3.73. The molecule has 6 nitrogen and oxygen atoms in total. The van der Waals surface area contributed by atoms with E-state index >= 15 is 0 Å². The predicted molar refractivity (Wildman–Crippen MR) is 95.6 cm³/mol. The second-order valence-corrected chi connectivity index (χ2v) is 6.86. The third kappa shape index (κ3) is 3.95. The molecule has 2 heterocycles. The van der Waals surface area contributed by atoms with E-state index in [1.54, 1.807) is 7.11 Å². The Balaban J connectivity index is 1.47. The van der Waals surface area contributed by atoms with Crippen molar-refractivity contribution in [1.82, 2.24) is 15.1 Å². The van der Waals surface area contributed by atoms with Crippen molar-refractivity contribution in [1.29, 1.82) is 0 Å². The molecule has 0 aromatic heterocycles. The van der Waals surface area contributed by atoms with Crippen molar-refractivity contribution in [2.24, 2.45) is 0 Å². The van der Waals surface area contributed by atoms with Crippen LogP contribution in [0, 0.1) is 0 Å². The number of rotatable bonds is 4. The van der Waals surface area contributed by atoms with E-state index in [0.29, 0.717) is 26.2 Å². The Morgan fingerprint density at radius 2 is 2.12 bits per heavy atom. The largest absolute Gasteiger partial charge is 0.381 e. The minimum absolute atomic E-state index is 0.0492. The minimum atomic E-state index is -0.0492. The average molecular weight is 345 g/mol. The van der Waals surface area contributed by atoms with Crippen LogP contribution in [0.2, 0.25) is 0 Å². The van der Waals surface area contributed by atoms with E-state index in [9.17, 15) is 9.59 Å². The van der Waals surface area contributed by atoms with Gasteiger partial charge in [-0.3, -0.25) is 4.79 Å². The molecule has 6 heteroatoms. The lowest BCUT2D eigenvalue weighted by molar-refractivity contribution is 0.0292. The van der Waals surface area contributed by atoms with E-state index in [-0.39, 0.29) is 24.1 Å². The van der Waals surface area contributed by atoms with Crippen LogP contribution >= 0.6 is 0 Å². The Labute approximate surface area is 149 Å². The highest BCUT2D eigenvalue weighted by molar-refractivity contribution is 5.96. The highest BCUT2D eigenvalue weighted by Gasteiger charge is 2.29. The van der Waals surface area contributed by atoms with Gasteiger partial charge in [-0.1, -0.05) is 18.2 Å². The van der Waals surface area contributed by atoms with E-state index in [0.717, 1.165) is 30.4 Å². The van der Waals surface area contributed by atoms with Crippen LogP contribution in [0.5, 0.6) is 0 Å². The van der Waals surface area contributed by atoms with Gasteiger partial charge >= 0.3 is 6.03 Å². The van der Waals surface area contributed by atoms with Crippen molar-refractivity contribution in [2.45, 2.75) is 38.3 Å². The summed E-state index contributed by atoms with van der Waals surface area (Å²) >= 11 is 0. The molecule has 0 radical (unpaired) electrons. The van der Waals surface area contributed by atoms with Crippen LogP contribution in [0.25, 0.3) is 0 Å². The maximum atomic E-state index is 12.5. The lowest BCUT2D eigenvalue weighted by Gasteiger charge is -2.37. The fourth-order valence-corrected chi connectivity index (χ4v) is 3.73. The molecule has 1 N–H and O–H groups in total. The summed E-state index contributed by atoms with van der Waals surface area (Å²) in [6, 6.07) is 7.87. The third-order valence-electron chi connectivity index (χ3n) is 5.27. The van der Waals surface area contributed by atoms with Crippen LogP contribution < -0.4 is 5.32 Å². The molecule has 2 aliphatic heterocycles. The third-order valence-corrected chi connectivity index (χ3v) is 5.27. The quantitative estimate of drug-likeness (QED) is 0.906. The normalized spacial score (nSPS) is 23.4. The molecule has 1 aromatic carbocycles. The molecule has 1 fully saturated rings. The van der Waals surface area contributed by atoms with Crippen molar-refractivity contribution >= 4 is 11.9 Å². The molecule has 3 amide bonds. The number of hydrogen-bond donors (Lipinski definition) is 1. The molecule has 25 heavy (non-hydrogen) atoms. The number of nitrogens with zero attached hydrogens (tertiary/aromatic N) is 2. The first-order valence-corrected chi connectivity index (χ1v) is 9.04. The summed E-state index contributed by atoms with van der Waals surface area (Å²) in [6.45, 7) is 4.49. The number of urea groups is 1. The number of piperidine rings is 1. The van der Waals surface area contributed by atoms with Gasteiger partial charge in [0.05, 0.1) is 6.10 Å². The Hall–Kier alpha value is -2.08. The molecule has 0 spiro atoms. The van der Waals surface area contributed by atoms with Gasteiger partial charge in [0.25, 0.3) is 5.91 Å². The van der Waals surface area contributed by atoms with Gasteiger partial charge in [0, 0.05) is 44.9 Å². The van der Waals surface area contributed by atoms with Crippen molar-refractivity contribution < 1.29 is 14.3 Å². The van der Waals surface area contributed by atoms with Crippen LogP contribution in [0.4, 0.5) is 4.79 Å². The Bertz CT molecular complexity index is 634. The minimum Gasteiger partial charge on any atom is -0.381 e. The lowest BCUT2D eigenvalue weighted by atomic mass is 9.99. The zero-order chi connectivity index (χ0) is 17.8. The van der Waals surface area contributed by atoms with Crippen molar-refractivity contribution in [3.05, 3.63) is 35.4 Å². The Morgan fingerprint density at radius 3 is 2.88 bits per heavy atom. The molecule has 1 saturated heterocycles. The molecule has 2 atom stereocenters.